The summed E-state index contributed by atoms with van der Waals surface area (Å²) in [6, 6.07) is 0. The summed E-state index contributed by atoms with van der Waals surface area (Å²) in [6.07, 6.45) is 7.53. The molecule has 1 aromatic rings. The van der Waals surface area contributed by atoms with Gasteiger partial charge in [0.25, 0.3) is 0 Å². The molecule has 0 amide bonds. The molecule has 1 aromatic heterocycles. The average Bonchev–Trinajstić information content (AvgIpc) is 2.46. The summed E-state index contributed by atoms with van der Waals surface area (Å²) in [7, 11) is 0. The highest BCUT2D eigenvalue weighted by Crippen LogP contribution is 2.30. The summed E-state index contributed by atoms with van der Waals surface area (Å²) < 4.78 is 0. The van der Waals surface area contributed by atoms with Crippen LogP contribution in [0.15, 0.2) is 6.33 Å². The Labute approximate surface area is 118 Å². The molecule has 0 bridgehead atoms. The lowest BCUT2D eigenvalue weighted by atomic mass is 9.89. The molecule has 7 nitrogen and oxygen atoms in total. The SMILES string of the molecule is CCNc1ncnc(NCC2CCCCC2)c1[N+](=O)[O-]. The highest BCUT2D eigenvalue weighted by molar-refractivity contribution is 5.69. The number of hydrogen-bond donors (Lipinski definition) is 2. The van der Waals surface area contributed by atoms with Crippen molar-refractivity contribution in [1.29, 1.82) is 0 Å². The molecule has 0 unspecified atom stereocenters. The lowest BCUT2D eigenvalue weighted by Crippen LogP contribution is -2.19. The summed E-state index contributed by atoms with van der Waals surface area (Å²) in [5.41, 5.74) is -0.0647. The van der Waals surface area contributed by atoms with Gasteiger partial charge in [-0.1, -0.05) is 19.3 Å². The van der Waals surface area contributed by atoms with E-state index in [-0.39, 0.29) is 11.5 Å². The van der Waals surface area contributed by atoms with Crippen molar-refractivity contribution < 1.29 is 4.92 Å². The van der Waals surface area contributed by atoms with Crippen molar-refractivity contribution in [1.82, 2.24) is 9.97 Å². The van der Waals surface area contributed by atoms with E-state index >= 15 is 0 Å². The molecule has 0 spiro atoms. The second-order valence-corrected chi connectivity index (χ2v) is 5.09. The van der Waals surface area contributed by atoms with E-state index in [1.54, 1.807) is 0 Å². The Bertz CT molecular complexity index is 460. The van der Waals surface area contributed by atoms with Crippen molar-refractivity contribution in [2.75, 3.05) is 23.7 Å². The van der Waals surface area contributed by atoms with Gasteiger partial charge < -0.3 is 10.6 Å². The van der Waals surface area contributed by atoms with Gasteiger partial charge in [-0.3, -0.25) is 10.1 Å². The van der Waals surface area contributed by atoms with Crippen molar-refractivity contribution >= 4 is 17.3 Å². The number of nitro groups is 1. The highest BCUT2D eigenvalue weighted by atomic mass is 16.6. The lowest BCUT2D eigenvalue weighted by Gasteiger charge is -2.21. The largest absolute Gasteiger partial charge is 0.364 e. The quantitative estimate of drug-likeness (QED) is 0.614. The fourth-order valence-corrected chi connectivity index (χ4v) is 2.61. The van der Waals surface area contributed by atoms with Crippen LogP contribution in [0, 0.1) is 16.0 Å². The molecule has 2 rings (SSSR count). The minimum atomic E-state index is -0.429. The molecule has 2 N–H and O–H groups in total. The first-order valence-corrected chi connectivity index (χ1v) is 7.19. The minimum Gasteiger partial charge on any atom is -0.364 e. The molecule has 1 aliphatic carbocycles. The Morgan fingerprint density at radius 3 is 2.50 bits per heavy atom. The Balaban J connectivity index is 2.09. The van der Waals surface area contributed by atoms with Gasteiger partial charge in [0, 0.05) is 13.1 Å². The first-order chi connectivity index (χ1) is 9.72. The normalized spacial score (nSPS) is 15.8. The second kappa shape index (κ2) is 7.02. The first-order valence-electron chi connectivity index (χ1n) is 7.19. The van der Waals surface area contributed by atoms with Gasteiger partial charge in [0.05, 0.1) is 4.92 Å². The van der Waals surface area contributed by atoms with E-state index < -0.39 is 4.92 Å². The topological polar surface area (TPSA) is 93.0 Å². The molecular formula is C13H21N5O2. The van der Waals surface area contributed by atoms with E-state index in [1.807, 2.05) is 6.92 Å². The summed E-state index contributed by atoms with van der Waals surface area (Å²) in [5, 5.41) is 17.2. The van der Waals surface area contributed by atoms with Crippen LogP contribution in [-0.2, 0) is 0 Å². The molecule has 0 radical (unpaired) electrons. The van der Waals surface area contributed by atoms with Crippen molar-refractivity contribution in [2.45, 2.75) is 39.0 Å². The monoisotopic (exact) mass is 279 g/mol. The van der Waals surface area contributed by atoms with Gasteiger partial charge in [0.2, 0.25) is 11.6 Å². The molecular weight excluding hydrogens is 258 g/mol. The molecule has 0 atom stereocenters. The molecule has 7 heteroatoms. The van der Waals surface area contributed by atoms with Crippen molar-refractivity contribution in [3.8, 4) is 0 Å². The molecule has 1 heterocycles. The van der Waals surface area contributed by atoms with Crippen LogP contribution < -0.4 is 10.6 Å². The zero-order valence-electron chi connectivity index (χ0n) is 11.8. The average molecular weight is 279 g/mol. The van der Waals surface area contributed by atoms with E-state index in [1.165, 1.54) is 38.4 Å². The van der Waals surface area contributed by atoms with Gasteiger partial charge in [-0.05, 0) is 25.7 Å². The third kappa shape index (κ3) is 3.55. The number of hydrogen-bond acceptors (Lipinski definition) is 6. The zero-order valence-corrected chi connectivity index (χ0v) is 11.8. The summed E-state index contributed by atoms with van der Waals surface area (Å²) in [6.45, 7) is 3.20. The third-order valence-electron chi connectivity index (χ3n) is 3.63. The van der Waals surface area contributed by atoms with E-state index in [2.05, 4.69) is 20.6 Å². The molecule has 0 aliphatic heterocycles. The number of aromatic nitrogens is 2. The van der Waals surface area contributed by atoms with Crippen LogP contribution in [0.25, 0.3) is 0 Å². The number of anilines is 2. The van der Waals surface area contributed by atoms with Gasteiger partial charge in [0.15, 0.2) is 0 Å². The van der Waals surface area contributed by atoms with E-state index in [0.717, 1.165) is 6.54 Å². The van der Waals surface area contributed by atoms with Gasteiger partial charge in [0.1, 0.15) is 6.33 Å². The standard InChI is InChI=1S/C13H21N5O2/c1-2-14-12-11(18(19)20)13(17-9-16-12)15-8-10-6-4-3-5-7-10/h9-10H,2-8H2,1H3,(H2,14,15,16,17). The zero-order chi connectivity index (χ0) is 14.4. The summed E-state index contributed by atoms with van der Waals surface area (Å²) in [5.74, 6) is 1.17. The molecule has 0 aromatic carbocycles. The van der Waals surface area contributed by atoms with E-state index in [4.69, 9.17) is 0 Å². The van der Waals surface area contributed by atoms with Crippen LogP contribution in [0.1, 0.15) is 39.0 Å². The second-order valence-electron chi connectivity index (χ2n) is 5.09. The maximum absolute atomic E-state index is 11.2. The van der Waals surface area contributed by atoms with Crippen molar-refractivity contribution in [3.05, 3.63) is 16.4 Å². The van der Waals surface area contributed by atoms with Gasteiger partial charge in [-0.2, -0.15) is 0 Å². The van der Waals surface area contributed by atoms with Crippen LogP contribution in [0.5, 0.6) is 0 Å². The fraction of sp³-hybridized carbons (Fsp3) is 0.692. The highest BCUT2D eigenvalue weighted by Gasteiger charge is 2.23. The summed E-state index contributed by atoms with van der Waals surface area (Å²) in [4.78, 5) is 18.7. The maximum Gasteiger partial charge on any atom is 0.353 e. The Morgan fingerprint density at radius 1 is 1.25 bits per heavy atom. The maximum atomic E-state index is 11.2. The number of nitrogens with zero attached hydrogens (tertiary/aromatic N) is 3. The predicted octanol–water partition coefficient (Wildman–Crippen LogP) is 2.81. The van der Waals surface area contributed by atoms with E-state index in [9.17, 15) is 10.1 Å². The van der Waals surface area contributed by atoms with Gasteiger partial charge in [-0.25, -0.2) is 9.97 Å². The number of nitrogens with one attached hydrogen (secondary N) is 2. The van der Waals surface area contributed by atoms with Crippen LogP contribution in [0.4, 0.5) is 17.3 Å². The molecule has 1 fully saturated rings. The Hall–Kier alpha value is -1.92. The first kappa shape index (κ1) is 14.5. The van der Waals surface area contributed by atoms with Crippen LogP contribution >= 0.6 is 0 Å². The molecule has 1 aliphatic rings. The Kier molecular flexibility index (Phi) is 5.09. The molecule has 110 valence electrons. The third-order valence-corrected chi connectivity index (χ3v) is 3.63. The van der Waals surface area contributed by atoms with Gasteiger partial charge >= 0.3 is 5.69 Å². The van der Waals surface area contributed by atoms with E-state index in [0.29, 0.717) is 18.3 Å². The fourth-order valence-electron chi connectivity index (χ4n) is 2.61. The lowest BCUT2D eigenvalue weighted by molar-refractivity contribution is -0.383. The molecule has 1 saturated carbocycles. The Morgan fingerprint density at radius 2 is 1.90 bits per heavy atom. The smallest absolute Gasteiger partial charge is 0.353 e. The summed E-state index contributed by atoms with van der Waals surface area (Å²) >= 11 is 0. The van der Waals surface area contributed by atoms with Gasteiger partial charge in [-0.15, -0.1) is 0 Å². The van der Waals surface area contributed by atoms with Crippen LogP contribution in [-0.4, -0.2) is 28.0 Å². The van der Waals surface area contributed by atoms with Crippen LogP contribution in [0.2, 0.25) is 0 Å². The van der Waals surface area contributed by atoms with Crippen LogP contribution in [0.3, 0.4) is 0 Å². The predicted molar refractivity (Wildman–Crippen MR) is 77.9 cm³/mol. The van der Waals surface area contributed by atoms with Crippen molar-refractivity contribution in [2.24, 2.45) is 5.92 Å². The van der Waals surface area contributed by atoms with Crippen molar-refractivity contribution in [3.63, 3.8) is 0 Å². The minimum absolute atomic E-state index is 0.0647. The molecule has 20 heavy (non-hydrogen) atoms. The number of rotatable bonds is 6. The molecule has 0 saturated heterocycles.